The highest BCUT2D eigenvalue weighted by Gasteiger charge is 2.18. The van der Waals surface area contributed by atoms with Gasteiger partial charge in [-0.25, -0.2) is 0 Å². The van der Waals surface area contributed by atoms with E-state index in [0.717, 1.165) is 10.0 Å². The lowest BCUT2D eigenvalue weighted by atomic mass is 10.1. The van der Waals surface area contributed by atoms with Crippen LogP contribution in [0.4, 0.5) is 0 Å². The zero-order valence-corrected chi connectivity index (χ0v) is 18.3. The van der Waals surface area contributed by atoms with Crippen LogP contribution in [0.15, 0.2) is 70.8 Å². The molecular formula is C21H21BrN4O2S. The summed E-state index contributed by atoms with van der Waals surface area (Å²) in [5, 5.41) is 22.2. The molecule has 3 rings (SSSR count). The first-order chi connectivity index (χ1) is 14.0. The summed E-state index contributed by atoms with van der Waals surface area (Å²) in [4.78, 5) is 12.4. The topological polar surface area (TPSA) is 80.0 Å². The van der Waals surface area contributed by atoms with Gasteiger partial charge in [0, 0.05) is 11.0 Å². The van der Waals surface area contributed by atoms with E-state index in [4.69, 9.17) is 0 Å². The molecule has 0 spiro atoms. The number of allylic oxidation sites excluding steroid dienone is 1. The van der Waals surface area contributed by atoms with Crippen LogP contribution in [0.3, 0.4) is 0 Å². The minimum atomic E-state index is -0.0913. The zero-order valence-electron chi connectivity index (χ0n) is 15.9. The fraction of sp³-hybridized carbons (Fsp3) is 0.190. The summed E-state index contributed by atoms with van der Waals surface area (Å²) >= 11 is 4.70. The summed E-state index contributed by atoms with van der Waals surface area (Å²) in [7, 11) is 0. The van der Waals surface area contributed by atoms with Crippen molar-refractivity contribution in [3.63, 3.8) is 0 Å². The van der Waals surface area contributed by atoms with Crippen LogP contribution in [0, 0.1) is 0 Å². The Balaban J connectivity index is 1.72. The van der Waals surface area contributed by atoms with Crippen LogP contribution in [0.5, 0.6) is 5.75 Å². The second-order valence-electron chi connectivity index (χ2n) is 6.36. The van der Waals surface area contributed by atoms with Crippen LogP contribution in [-0.4, -0.2) is 31.5 Å². The van der Waals surface area contributed by atoms with Crippen molar-refractivity contribution in [2.45, 2.75) is 24.7 Å². The van der Waals surface area contributed by atoms with Crippen molar-refractivity contribution >= 4 is 33.6 Å². The molecule has 2 aromatic carbocycles. The molecule has 2 N–H and O–H groups in total. The summed E-state index contributed by atoms with van der Waals surface area (Å²) < 4.78 is 2.65. The Bertz CT molecular complexity index is 1010. The number of halogens is 1. The van der Waals surface area contributed by atoms with Crippen molar-refractivity contribution in [1.29, 1.82) is 0 Å². The predicted molar refractivity (Wildman–Crippen MR) is 119 cm³/mol. The standard InChI is InChI=1S/C21H21BrN4O2S/c1-3-11-26-20(17-12-16(22)9-10-18(17)27)24-25-21(26)29-13-19(28)23-14(2)15-7-5-4-6-8-15/h3-10,12,14,27H,1,11,13H2,2H3,(H,23,28)/t14-/m1/s1. The molecule has 0 bridgehead atoms. The molecule has 1 heterocycles. The quantitative estimate of drug-likeness (QED) is 0.370. The zero-order chi connectivity index (χ0) is 20.8. The largest absolute Gasteiger partial charge is 0.507 e. The highest BCUT2D eigenvalue weighted by Crippen LogP contribution is 2.32. The van der Waals surface area contributed by atoms with Gasteiger partial charge in [0.05, 0.1) is 17.4 Å². The van der Waals surface area contributed by atoms with Crippen LogP contribution in [-0.2, 0) is 11.3 Å². The number of nitrogens with one attached hydrogen (secondary N) is 1. The first-order valence-electron chi connectivity index (χ1n) is 8.99. The van der Waals surface area contributed by atoms with Crippen LogP contribution in [0.2, 0.25) is 0 Å². The lowest BCUT2D eigenvalue weighted by molar-refractivity contribution is -0.119. The molecule has 1 atom stereocenters. The molecule has 6 nitrogen and oxygen atoms in total. The molecule has 0 aliphatic rings. The van der Waals surface area contributed by atoms with Crippen molar-refractivity contribution < 1.29 is 9.90 Å². The van der Waals surface area contributed by atoms with Gasteiger partial charge in [-0.15, -0.1) is 16.8 Å². The number of carbonyl (C=O) groups excluding carboxylic acids is 1. The number of hydrogen-bond donors (Lipinski definition) is 2. The number of hydrogen-bond acceptors (Lipinski definition) is 5. The SMILES string of the molecule is C=CCn1c(SCC(=O)N[C@H](C)c2ccccc2)nnc1-c1cc(Br)ccc1O. The van der Waals surface area contributed by atoms with Gasteiger partial charge in [-0.3, -0.25) is 9.36 Å². The van der Waals surface area contributed by atoms with Gasteiger partial charge in [0.25, 0.3) is 0 Å². The minimum absolute atomic E-state index is 0.0791. The van der Waals surface area contributed by atoms with Gasteiger partial charge >= 0.3 is 0 Å². The molecule has 1 amide bonds. The highest BCUT2D eigenvalue weighted by molar-refractivity contribution is 9.10. The molecule has 0 aliphatic heterocycles. The Morgan fingerprint density at radius 3 is 2.79 bits per heavy atom. The monoisotopic (exact) mass is 472 g/mol. The molecule has 8 heteroatoms. The van der Waals surface area contributed by atoms with E-state index in [1.54, 1.807) is 24.3 Å². The fourth-order valence-electron chi connectivity index (χ4n) is 2.81. The molecule has 3 aromatic rings. The number of carbonyl (C=O) groups is 1. The van der Waals surface area contributed by atoms with Crippen molar-refractivity contribution in [2.75, 3.05) is 5.75 Å². The normalized spacial score (nSPS) is 11.8. The number of amides is 1. The van der Waals surface area contributed by atoms with Crippen LogP contribution in [0.25, 0.3) is 11.4 Å². The van der Waals surface area contributed by atoms with E-state index < -0.39 is 0 Å². The molecule has 29 heavy (non-hydrogen) atoms. The third-order valence-corrected chi connectivity index (χ3v) is 5.70. The summed E-state index contributed by atoms with van der Waals surface area (Å²) in [6, 6.07) is 14.9. The number of aromatic nitrogens is 3. The molecule has 0 saturated heterocycles. The number of phenols is 1. The van der Waals surface area contributed by atoms with Crippen LogP contribution in [0.1, 0.15) is 18.5 Å². The summed E-state index contributed by atoms with van der Waals surface area (Å²) in [6.45, 7) is 6.19. The van der Waals surface area contributed by atoms with Crippen molar-refractivity contribution in [1.82, 2.24) is 20.1 Å². The number of nitrogens with zero attached hydrogens (tertiary/aromatic N) is 3. The first kappa shape index (κ1) is 21.1. The van der Waals surface area contributed by atoms with E-state index in [1.807, 2.05) is 41.8 Å². The Hall–Kier alpha value is -2.58. The van der Waals surface area contributed by atoms with E-state index in [2.05, 4.69) is 38.0 Å². The Morgan fingerprint density at radius 1 is 1.31 bits per heavy atom. The lowest BCUT2D eigenvalue weighted by Crippen LogP contribution is -2.28. The van der Waals surface area contributed by atoms with Gasteiger partial charge in [0.2, 0.25) is 5.91 Å². The van der Waals surface area contributed by atoms with Crippen molar-refractivity contribution in [3.8, 4) is 17.1 Å². The van der Waals surface area contributed by atoms with Gasteiger partial charge in [-0.2, -0.15) is 0 Å². The summed E-state index contributed by atoms with van der Waals surface area (Å²) in [6.07, 6.45) is 1.73. The molecule has 150 valence electrons. The third-order valence-electron chi connectivity index (χ3n) is 4.24. The first-order valence-corrected chi connectivity index (χ1v) is 10.8. The molecule has 1 aromatic heterocycles. The average Bonchev–Trinajstić information content (AvgIpc) is 3.11. The van der Waals surface area contributed by atoms with Gasteiger partial charge in [-0.05, 0) is 30.7 Å². The van der Waals surface area contributed by atoms with Gasteiger partial charge < -0.3 is 10.4 Å². The van der Waals surface area contributed by atoms with Gasteiger partial charge in [0.1, 0.15) is 5.75 Å². The highest BCUT2D eigenvalue weighted by atomic mass is 79.9. The second-order valence-corrected chi connectivity index (χ2v) is 8.21. The summed E-state index contributed by atoms with van der Waals surface area (Å²) in [5.74, 6) is 0.740. The summed E-state index contributed by atoms with van der Waals surface area (Å²) in [5.41, 5.74) is 1.61. The maximum Gasteiger partial charge on any atom is 0.230 e. The maximum atomic E-state index is 12.4. The van der Waals surface area contributed by atoms with E-state index in [-0.39, 0.29) is 23.5 Å². The lowest BCUT2D eigenvalue weighted by Gasteiger charge is -2.14. The molecule has 0 unspecified atom stereocenters. The van der Waals surface area contributed by atoms with Crippen molar-refractivity contribution in [2.24, 2.45) is 0 Å². The maximum absolute atomic E-state index is 12.4. The van der Waals surface area contributed by atoms with E-state index in [9.17, 15) is 9.90 Å². The fourth-order valence-corrected chi connectivity index (χ4v) is 3.93. The molecule has 0 saturated carbocycles. The Morgan fingerprint density at radius 2 is 2.07 bits per heavy atom. The average molecular weight is 473 g/mol. The van der Waals surface area contributed by atoms with E-state index in [0.29, 0.717) is 23.1 Å². The third kappa shape index (κ3) is 5.27. The Labute approximate surface area is 182 Å². The number of aromatic hydroxyl groups is 1. The van der Waals surface area contributed by atoms with Gasteiger partial charge in [-0.1, -0.05) is 64.1 Å². The minimum Gasteiger partial charge on any atom is -0.507 e. The molecule has 0 aliphatic carbocycles. The number of benzene rings is 2. The van der Waals surface area contributed by atoms with Crippen LogP contribution >= 0.6 is 27.7 Å². The smallest absolute Gasteiger partial charge is 0.230 e. The number of phenolic OH excluding ortho intramolecular Hbond substituents is 1. The predicted octanol–water partition coefficient (Wildman–Crippen LogP) is 4.57. The van der Waals surface area contributed by atoms with E-state index >= 15 is 0 Å². The molecular weight excluding hydrogens is 452 g/mol. The number of thioether (sulfide) groups is 1. The Kier molecular flexibility index (Phi) is 7.11. The van der Waals surface area contributed by atoms with E-state index in [1.165, 1.54) is 11.8 Å². The molecule has 0 radical (unpaired) electrons. The van der Waals surface area contributed by atoms with Crippen LogP contribution < -0.4 is 5.32 Å². The van der Waals surface area contributed by atoms with Gasteiger partial charge in [0.15, 0.2) is 11.0 Å². The second kappa shape index (κ2) is 9.76. The molecule has 0 fully saturated rings. The van der Waals surface area contributed by atoms with Crippen molar-refractivity contribution in [3.05, 3.63) is 71.2 Å². The number of rotatable bonds is 8.